The van der Waals surface area contributed by atoms with Crippen molar-refractivity contribution >= 4 is 28.3 Å². The van der Waals surface area contributed by atoms with Crippen molar-refractivity contribution in [1.82, 2.24) is 10.3 Å². The van der Waals surface area contributed by atoms with Crippen molar-refractivity contribution < 1.29 is 19.1 Å². The first kappa shape index (κ1) is 20.0. The molecule has 3 N–H and O–H groups in total. The number of carbonyl (C=O) groups is 2. The van der Waals surface area contributed by atoms with Crippen LogP contribution in [0.2, 0.25) is 0 Å². The molecule has 0 aliphatic heterocycles. The molecule has 2 rings (SSSR count). The molecule has 140 valence electrons. The van der Waals surface area contributed by atoms with Crippen molar-refractivity contribution in [2.45, 2.75) is 32.7 Å². The number of rotatable bonds is 9. The molecule has 0 unspecified atom stereocenters. The van der Waals surface area contributed by atoms with Crippen molar-refractivity contribution in [1.29, 1.82) is 0 Å². The van der Waals surface area contributed by atoms with Gasteiger partial charge in [-0.15, -0.1) is 11.3 Å². The average molecular weight is 379 g/mol. The third-order valence-corrected chi connectivity index (χ3v) is 4.97. The van der Waals surface area contributed by atoms with Gasteiger partial charge in [0.15, 0.2) is 5.13 Å². The van der Waals surface area contributed by atoms with Gasteiger partial charge in [-0.2, -0.15) is 0 Å². The minimum absolute atomic E-state index is 0.0810. The van der Waals surface area contributed by atoms with E-state index >= 15 is 0 Å². The maximum absolute atomic E-state index is 12.9. The number of carbonyl (C=O) groups excluding carboxylic acids is 1. The number of thiazole rings is 1. The van der Waals surface area contributed by atoms with E-state index in [1.807, 2.05) is 13.8 Å². The molecule has 0 aliphatic carbocycles. The maximum Gasteiger partial charge on any atom is 0.320 e. The molecule has 6 nitrogen and oxygen atoms in total. The van der Waals surface area contributed by atoms with Crippen LogP contribution in [0.25, 0.3) is 0 Å². The van der Waals surface area contributed by atoms with E-state index in [0.29, 0.717) is 18.0 Å². The normalized spacial score (nSPS) is 13.2. The smallest absolute Gasteiger partial charge is 0.320 e. The van der Waals surface area contributed by atoms with Gasteiger partial charge in [-0.05, 0) is 23.6 Å². The molecule has 1 amide bonds. The topological polar surface area (TPSA) is 91.3 Å². The largest absolute Gasteiger partial charge is 0.480 e. The molecule has 0 radical (unpaired) electrons. The third kappa shape index (κ3) is 5.89. The van der Waals surface area contributed by atoms with E-state index < -0.39 is 12.0 Å². The average Bonchev–Trinajstić information content (AvgIpc) is 3.03. The second-order valence-electron chi connectivity index (χ2n) is 6.07. The number of amides is 1. The van der Waals surface area contributed by atoms with Crippen molar-refractivity contribution in [3.8, 4) is 0 Å². The van der Waals surface area contributed by atoms with E-state index in [0.717, 1.165) is 10.4 Å². The van der Waals surface area contributed by atoms with E-state index in [2.05, 4.69) is 15.6 Å². The zero-order chi connectivity index (χ0) is 19.1. The molecule has 1 aromatic heterocycles. The van der Waals surface area contributed by atoms with Crippen LogP contribution >= 0.6 is 11.3 Å². The Morgan fingerprint density at radius 3 is 2.62 bits per heavy atom. The van der Waals surface area contributed by atoms with E-state index in [-0.39, 0.29) is 24.2 Å². The van der Waals surface area contributed by atoms with Crippen LogP contribution in [-0.4, -0.2) is 34.6 Å². The highest BCUT2D eigenvalue weighted by Gasteiger charge is 2.23. The Hall–Kier alpha value is -2.32. The number of carboxylic acids is 1. The fourth-order valence-electron chi connectivity index (χ4n) is 2.38. The van der Waals surface area contributed by atoms with Crippen molar-refractivity contribution in [2.24, 2.45) is 5.92 Å². The molecule has 1 heterocycles. The van der Waals surface area contributed by atoms with Gasteiger partial charge in [0.2, 0.25) is 5.91 Å². The van der Waals surface area contributed by atoms with Gasteiger partial charge in [-0.25, -0.2) is 9.37 Å². The van der Waals surface area contributed by atoms with Crippen LogP contribution in [0.15, 0.2) is 30.5 Å². The molecule has 8 heteroatoms. The summed E-state index contributed by atoms with van der Waals surface area (Å²) in [7, 11) is 0. The van der Waals surface area contributed by atoms with Gasteiger partial charge in [0, 0.05) is 17.5 Å². The zero-order valence-electron chi connectivity index (χ0n) is 14.7. The van der Waals surface area contributed by atoms with Crippen molar-refractivity contribution in [2.75, 3.05) is 11.9 Å². The van der Waals surface area contributed by atoms with Crippen LogP contribution in [0.1, 0.15) is 30.7 Å². The molecular weight excluding hydrogens is 357 g/mol. The molecule has 2 aromatic rings. The van der Waals surface area contributed by atoms with E-state index in [1.165, 1.54) is 23.5 Å². The van der Waals surface area contributed by atoms with Crippen LogP contribution < -0.4 is 10.6 Å². The number of hydrogen-bond acceptors (Lipinski definition) is 5. The number of halogens is 1. The van der Waals surface area contributed by atoms with Gasteiger partial charge in [0.1, 0.15) is 11.9 Å². The molecule has 0 aliphatic rings. The Kier molecular flexibility index (Phi) is 7.23. The molecular formula is C18H22FN3O3S. The zero-order valence-corrected chi connectivity index (χ0v) is 15.5. The van der Waals surface area contributed by atoms with Gasteiger partial charge in [-0.1, -0.05) is 32.4 Å². The third-order valence-electron chi connectivity index (χ3n) is 4.05. The van der Waals surface area contributed by atoms with Crippen LogP contribution in [0.5, 0.6) is 0 Å². The predicted octanol–water partition coefficient (Wildman–Crippen LogP) is 2.90. The Morgan fingerprint density at radius 2 is 2.00 bits per heavy atom. The monoisotopic (exact) mass is 379 g/mol. The number of hydrogen-bond donors (Lipinski definition) is 3. The van der Waals surface area contributed by atoms with Gasteiger partial charge in [0.05, 0.1) is 6.54 Å². The molecule has 0 saturated heterocycles. The van der Waals surface area contributed by atoms with Gasteiger partial charge in [0.25, 0.3) is 0 Å². The SMILES string of the molecule is CC[C@H](C)[C@H](NCC(=O)Nc1ncc(Cc2ccc(F)cc2)s1)C(=O)O. The Labute approximate surface area is 155 Å². The number of aromatic nitrogens is 1. The quantitative estimate of drug-likeness (QED) is 0.623. The van der Waals surface area contributed by atoms with Crippen LogP contribution in [-0.2, 0) is 16.0 Å². The summed E-state index contributed by atoms with van der Waals surface area (Å²) < 4.78 is 12.9. The number of benzene rings is 1. The molecule has 0 saturated carbocycles. The second kappa shape index (κ2) is 9.40. The maximum atomic E-state index is 12.9. The Balaban J connectivity index is 1.86. The van der Waals surface area contributed by atoms with Gasteiger partial charge >= 0.3 is 5.97 Å². The highest BCUT2D eigenvalue weighted by molar-refractivity contribution is 7.15. The summed E-state index contributed by atoms with van der Waals surface area (Å²) in [5, 5.41) is 15.1. The Morgan fingerprint density at radius 1 is 1.31 bits per heavy atom. The molecule has 26 heavy (non-hydrogen) atoms. The number of carboxylic acid groups (broad SMARTS) is 1. The minimum atomic E-state index is -0.969. The van der Waals surface area contributed by atoms with Gasteiger partial charge < -0.3 is 10.4 Å². The van der Waals surface area contributed by atoms with Crippen molar-refractivity contribution in [3.05, 3.63) is 46.7 Å². The van der Waals surface area contributed by atoms with E-state index in [9.17, 15) is 19.1 Å². The highest BCUT2D eigenvalue weighted by Crippen LogP contribution is 2.21. The van der Waals surface area contributed by atoms with E-state index in [1.54, 1.807) is 18.3 Å². The lowest BCUT2D eigenvalue weighted by Gasteiger charge is -2.19. The summed E-state index contributed by atoms with van der Waals surface area (Å²) in [6.07, 6.45) is 2.96. The standard InChI is InChI=1S/C18H22FN3O3S/c1-3-11(2)16(17(24)25)20-10-15(23)22-18-21-9-14(26-18)8-12-4-6-13(19)7-5-12/h4-7,9,11,16,20H,3,8,10H2,1-2H3,(H,24,25)(H,21,22,23)/t11-,16-/m0/s1. The van der Waals surface area contributed by atoms with Crippen molar-refractivity contribution in [3.63, 3.8) is 0 Å². The fourth-order valence-corrected chi connectivity index (χ4v) is 3.25. The fraction of sp³-hybridized carbons (Fsp3) is 0.389. The number of aliphatic carboxylic acids is 1. The summed E-state index contributed by atoms with van der Waals surface area (Å²) >= 11 is 1.33. The molecule has 0 fully saturated rings. The summed E-state index contributed by atoms with van der Waals surface area (Å²) in [6.45, 7) is 3.63. The van der Waals surface area contributed by atoms with Gasteiger partial charge in [-0.3, -0.25) is 14.9 Å². The van der Waals surface area contributed by atoms with E-state index in [4.69, 9.17) is 0 Å². The molecule has 1 aromatic carbocycles. The first-order valence-electron chi connectivity index (χ1n) is 8.34. The van der Waals surface area contributed by atoms with Crippen LogP contribution in [0, 0.1) is 11.7 Å². The lowest BCUT2D eigenvalue weighted by atomic mass is 9.99. The molecule has 0 bridgehead atoms. The van der Waals surface area contributed by atoms with Crippen LogP contribution in [0.3, 0.4) is 0 Å². The first-order valence-corrected chi connectivity index (χ1v) is 9.16. The first-order chi connectivity index (χ1) is 12.4. The molecule has 2 atom stereocenters. The lowest BCUT2D eigenvalue weighted by Crippen LogP contribution is -2.45. The lowest BCUT2D eigenvalue weighted by molar-refractivity contribution is -0.140. The van der Waals surface area contributed by atoms with Crippen LogP contribution in [0.4, 0.5) is 9.52 Å². The summed E-state index contributed by atoms with van der Waals surface area (Å²) in [6, 6.07) is 5.45. The molecule has 0 spiro atoms. The predicted molar refractivity (Wildman–Crippen MR) is 98.8 cm³/mol. The summed E-state index contributed by atoms with van der Waals surface area (Å²) in [5.41, 5.74) is 0.951. The second-order valence-corrected chi connectivity index (χ2v) is 7.18. The number of anilines is 1. The summed E-state index contributed by atoms with van der Waals surface area (Å²) in [5.74, 6) is -1.68. The number of nitrogens with one attached hydrogen (secondary N) is 2. The number of nitrogens with zero attached hydrogens (tertiary/aromatic N) is 1. The summed E-state index contributed by atoms with van der Waals surface area (Å²) in [4.78, 5) is 28.3. The minimum Gasteiger partial charge on any atom is -0.480 e. The Bertz CT molecular complexity index is 748. The highest BCUT2D eigenvalue weighted by atomic mass is 32.1.